The molecule has 0 spiro atoms. The number of aryl methyl sites for hydroxylation is 1. The van der Waals surface area contributed by atoms with Crippen LogP contribution in [0.5, 0.6) is 11.5 Å². The number of hydrogen-bond donors (Lipinski definition) is 0. The van der Waals surface area contributed by atoms with Gasteiger partial charge in [0.15, 0.2) is 0 Å². The number of halogens is 2. The van der Waals surface area contributed by atoms with Crippen molar-refractivity contribution in [1.29, 1.82) is 0 Å². The Morgan fingerprint density at radius 3 is 2.53 bits per heavy atom. The molecule has 0 bridgehead atoms. The Bertz CT molecular complexity index is 584. The average Bonchev–Trinajstić information content (AvgIpc) is 2.41. The monoisotopic (exact) mass is 340 g/mol. The van der Waals surface area contributed by atoms with E-state index in [1.807, 2.05) is 43.3 Å². The maximum Gasteiger partial charge on any atom is 0.120 e. The second-order valence-corrected chi connectivity index (χ2v) is 5.42. The molecule has 0 aromatic heterocycles. The molecule has 0 fully saturated rings. The summed E-state index contributed by atoms with van der Waals surface area (Å²) < 4.78 is 12.0. The topological polar surface area (TPSA) is 18.5 Å². The molecule has 0 aliphatic heterocycles. The second-order valence-electron chi connectivity index (χ2n) is 4.16. The lowest BCUT2D eigenvalue weighted by Crippen LogP contribution is -1.97. The van der Waals surface area contributed by atoms with Gasteiger partial charge < -0.3 is 9.47 Å². The normalized spacial score (nSPS) is 10.3. The standard InChI is InChI=1S/C15H14BrClO2/c1-10-7-13(4-6-15(10)17)19-9-11-8-12(18-2)3-5-14(11)16/h3-8H,9H2,1-2H3. The Morgan fingerprint density at radius 2 is 1.84 bits per heavy atom. The van der Waals surface area contributed by atoms with Gasteiger partial charge in [-0.1, -0.05) is 27.5 Å². The third-order valence-corrected chi connectivity index (χ3v) is 3.97. The molecule has 0 saturated heterocycles. The second kappa shape index (κ2) is 6.31. The van der Waals surface area contributed by atoms with E-state index in [0.717, 1.165) is 32.1 Å². The van der Waals surface area contributed by atoms with Gasteiger partial charge in [-0.25, -0.2) is 0 Å². The predicted octanol–water partition coefficient (Wildman–Crippen LogP) is 5.00. The van der Waals surface area contributed by atoms with E-state index in [4.69, 9.17) is 21.1 Å². The van der Waals surface area contributed by atoms with Crippen molar-refractivity contribution >= 4 is 27.5 Å². The van der Waals surface area contributed by atoms with Crippen LogP contribution in [0.15, 0.2) is 40.9 Å². The van der Waals surface area contributed by atoms with Gasteiger partial charge in [-0.05, 0) is 48.9 Å². The molecular weight excluding hydrogens is 328 g/mol. The highest BCUT2D eigenvalue weighted by atomic mass is 79.9. The lowest BCUT2D eigenvalue weighted by atomic mass is 10.2. The maximum atomic E-state index is 5.98. The Labute approximate surface area is 126 Å². The van der Waals surface area contributed by atoms with Crippen LogP contribution in [0.3, 0.4) is 0 Å². The number of rotatable bonds is 4. The lowest BCUT2D eigenvalue weighted by molar-refractivity contribution is 0.304. The Kier molecular flexibility index (Phi) is 4.72. The zero-order valence-corrected chi connectivity index (χ0v) is 13.1. The van der Waals surface area contributed by atoms with Crippen LogP contribution >= 0.6 is 27.5 Å². The first-order chi connectivity index (χ1) is 9.10. The Balaban J connectivity index is 2.11. The number of hydrogen-bond acceptors (Lipinski definition) is 2. The van der Waals surface area contributed by atoms with E-state index in [-0.39, 0.29) is 0 Å². The molecule has 0 saturated carbocycles. The third-order valence-electron chi connectivity index (χ3n) is 2.78. The van der Waals surface area contributed by atoms with Crippen LogP contribution in [0.1, 0.15) is 11.1 Å². The smallest absolute Gasteiger partial charge is 0.120 e. The van der Waals surface area contributed by atoms with Crippen molar-refractivity contribution in [2.45, 2.75) is 13.5 Å². The first-order valence-electron chi connectivity index (χ1n) is 5.81. The van der Waals surface area contributed by atoms with E-state index in [1.54, 1.807) is 7.11 Å². The maximum absolute atomic E-state index is 5.98. The summed E-state index contributed by atoms with van der Waals surface area (Å²) in [6, 6.07) is 11.4. The highest BCUT2D eigenvalue weighted by Crippen LogP contribution is 2.25. The van der Waals surface area contributed by atoms with Gasteiger partial charge in [0.25, 0.3) is 0 Å². The van der Waals surface area contributed by atoms with Crippen LogP contribution in [-0.2, 0) is 6.61 Å². The van der Waals surface area contributed by atoms with Crippen molar-refractivity contribution in [3.8, 4) is 11.5 Å². The summed E-state index contributed by atoms with van der Waals surface area (Å²) in [5, 5.41) is 0.745. The van der Waals surface area contributed by atoms with E-state index in [0.29, 0.717) is 6.61 Å². The molecule has 2 aromatic rings. The van der Waals surface area contributed by atoms with Gasteiger partial charge in [0, 0.05) is 15.1 Å². The molecule has 0 aliphatic carbocycles. The highest BCUT2D eigenvalue weighted by molar-refractivity contribution is 9.10. The van der Waals surface area contributed by atoms with Crippen molar-refractivity contribution < 1.29 is 9.47 Å². The third kappa shape index (κ3) is 3.64. The summed E-state index contributed by atoms with van der Waals surface area (Å²) in [6.07, 6.45) is 0. The Hall–Kier alpha value is -1.19. The molecule has 0 amide bonds. The molecule has 4 heteroatoms. The van der Waals surface area contributed by atoms with Gasteiger partial charge in [0.2, 0.25) is 0 Å². The van der Waals surface area contributed by atoms with Crippen molar-refractivity contribution in [2.75, 3.05) is 7.11 Å². The molecule has 100 valence electrons. The molecule has 0 N–H and O–H groups in total. The molecule has 0 atom stereocenters. The highest BCUT2D eigenvalue weighted by Gasteiger charge is 2.04. The van der Waals surface area contributed by atoms with Crippen molar-refractivity contribution in [3.63, 3.8) is 0 Å². The summed E-state index contributed by atoms with van der Waals surface area (Å²) in [4.78, 5) is 0. The molecule has 0 radical (unpaired) electrons. The van der Waals surface area contributed by atoms with E-state index in [2.05, 4.69) is 15.9 Å². The van der Waals surface area contributed by atoms with Gasteiger partial charge in [-0.3, -0.25) is 0 Å². The molecule has 0 unspecified atom stereocenters. The minimum atomic E-state index is 0.471. The zero-order valence-electron chi connectivity index (χ0n) is 10.7. The van der Waals surface area contributed by atoms with Crippen LogP contribution in [-0.4, -0.2) is 7.11 Å². The molecule has 19 heavy (non-hydrogen) atoms. The minimum absolute atomic E-state index is 0.471. The fourth-order valence-electron chi connectivity index (χ4n) is 1.66. The van der Waals surface area contributed by atoms with Gasteiger partial charge in [-0.15, -0.1) is 0 Å². The fraction of sp³-hybridized carbons (Fsp3) is 0.200. The molecule has 2 aromatic carbocycles. The molecule has 2 nitrogen and oxygen atoms in total. The van der Waals surface area contributed by atoms with Crippen LogP contribution in [0, 0.1) is 6.92 Å². The minimum Gasteiger partial charge on any atom is -0.497 e. The molecular formula is C15H14BrClO2. The lowest BCUT2D eigenvalue weighted by Gasteiger charge is -2.10. The molecule has 2 rings (SSSR count). The summed E-state index contributed by atoms with van der Waals surface area (Å²) in [6.45, 7) is 2.43. The average molecular weight is 342 g/mol. The predicted molar refractivity (Wildman–Crippen MR) is 81.2 cm³/mol. The van der Waals surface area contributed by atoms with Gasteiger partial charge in [0.1, 0.15) is 18.1 Å². The van der Waals surface area contributed by atoms with E-state index < -0.39 is 0 Å². The van der Waals surface area contributed by atoms with E-state index in [9.17, 15) is 0 Å². The van der Waals surface area contributed by atoms with Crippen LogP contribution in [0.4, 0.5) is 0 Å². The zero-order chi connectivity index (χ0) is 13.8. The molecule has 0 heterocycles. The van der Waals surface area contributed by atoms with Gasteiger partial charge >= 0.3 is 0 Å². The summed E-state index contributed by atoms with van der Waals surface area (Å²) in [5.74, 6) is 1.62. The quantitative estimate of drug-likeness (QED) is 0.779. The van der Waals surface area contributed by atoms with Crippen LogP contribution in [0.25, 0.3) is 0 Å². The van der Waals surface area contributed by atoms with Gasteiger partial charge in [0.05, 0.1) is 7.11 Å². The molecule has 0 aliphatic rings. The number of ether oxygens (including phenoxy) is 2. The van der Waals surface area contributed by atoms with E-state index in [1.165, 1.54) is 0 Å². The SMILES string of the molecule is COc1ccc(Br)c(COc2ccc(Cl)c(C)c2)c1. The summed E-state index contributed by atoms with van der Waals surface area (Å²) in [5.41, 5.74) is 2.04. The van der Waals surface area contributed by atoms with Crippen LogP contribution < -0.4 is 9.47 Å². The van der Waals surface area contributed by atoms with Crippen molar-refractivity contribution in [2.24, 2.45) is 0 Å². The number of methoxy groups -OCH3 is 1. The Morgan fingerprint density at radius 1 is 1.11 bits per heavy atom. The first-order valence-corrected chi connectivity index (χ1v) is 6.98. The first kappa shape index (κ1) is 14.2. The van der Waals surface area contributed by atoms with Crippen molar-refractivity contribution in [1.82, 2.24) is 0 Å². The van der Waals surface area contributed by atoms with E-state index >= 15 is 0 Å². The van der Waals surface area contributed by atoms with Crippen molar-refractivity contribution in [3.05, 3.63) is 57.0 Å². The number of benzene rings is 2. The van der Waals surface area contributed by atoms with Crippen LogP contribution in [0.2, 0.25) is 5.02 Å². The fourth-order valence-corrected chi connectivity index (χ4v) is 2.14. The van der Waals surface area contributed by atoms with Gasteiger partial charge in [-0.2, -0.15) is 0 Å². The summed E-state index contributed by atoms with van der Waals surface area (Å²) >= 11 is 9.49. The largest absolute Gasteiger partial charge is 0.497 e. The summed E-state index contributed by atoms with van der Waals surface area (Å²) in [7, 11) is 1.65.